The van der Waals surface area contributed by atoms with Crippen LogP contribution in [0, 0.1) is 34.5 Å². The van der Waals surface area contributed by atoms with Crippen molar-refractivity contribution in [1.29, 1.82) is 0 Å². The van der Waals surface area contributed by atoms with E-state index in [0.29, 0.717) is 31.1 Å². The Morgan fingerprint density at radius 3 is 2.03 bits per heavy atom. The molecule has 0 amide bonds. The van der Waals surface area contributed by atoms with Gasteiger partial charge >= 0.3 is 17.9 Å². The molecule has 5 saturated carbocycles. The second-order valence-corrected chi connectivity index (χ2v) is 12.4. The Kier molecular flexibility index (Phi) is 5.70. The van der Waals surface area contributed by atoms with Crippen LogP contribution in [0.4, 0.5) is 8.78 Å². The summed E-state index contributed by atoms with van der Waals surface area (Å²) < 4.78 is 37.9. The lowest BCUT2D eigenvalue weighted by atomic mass is 9.48. The van der Waals surface area contributed by atoms with Gasteiger partial charge in [0.1, 0.15) is 5.60 Å². The van der Waals surface area contributed by atoms with Gasteiger partial charge in [-0.25, -0.2) is 4.79 Å². The maximum Gasteiger partial charge on any atom is 0.376 e. The van der Waals surface area contributed by atoms with E-state index in [1.807, 2.05) is 0 Å². The summed E-state index contributed by atoms with van der Waals surface area (Å²) >= 11 is 0. The Hall–Kier alpha value is -1.20. The molecule has 176 valence electrons. The first-order valence-electron chi connectivity index (χ1n) is 12.1. The first kappa shape index (κ1) is 23.0. The van der Waals surface area contributed by atoms with E-state index in [2.05, 4.69) is 20.8 Å². The lowest BCUT2D eigenvalue weighted by molar-refractivity contribution is -0.217. The highest BCUT2D eigenvalue weighted by Crippen LogP contribution is 2.63. The molecule has 2 atom stereocenters. The van der Waals surface area contributed by atoms with Gasteiger partial charge in [-0.2, -0.15) is 8.78 Å². The van der Waals surface area contributed by atoms with E-state index in [-0.39, 0.29) is 29.3 Å². The molecule has 0 saturated heterocycles. The van der Waals surface area contributed by atoms with Crippen molar-refractivity contribution in [3.8, 4) is 0 Å². The second kappa shape index (κ2) is 7.69. The largest absolute Gasteiger partial charge is 0.461 e. The van der Waals surface area contributed by atoms with Crippen LogP contribution in [-0.4, -0.2) is 30.1 Å². The van der Waals surface area contributed by atoms with Crippen LogP contribution in [0.25, 0.3) is 0 Å². The zero-order chi connectivity index (χ0) is 22.7. The standard InChI is InChI=1S/C25H38F2O4/c1-22(2,3)19-7-5-18(6-8-19)20(28)31-25-12-16-9-17(13-25)11-24(10-16,14-25)15-30-21(29)23(4,26)27/h16-19H,5-15H2,1-4H3. The van der Waals surface area contributed by atoms with Crippen molar-refractivity contribution < 1.29 is 27.8 Å². The van der Waals surface area contributed by atoms with E-state index < -0.39 is 17.5 Å². The Morgan fingerprint density at radius 1 is 0.935 bits per heavy atom. The van der Waals surface area contributed by atoms with Crippen LogP contribution < -0.4 is 0 Å². The Bertz CT molecular complexity index is 698. The number of hydrogen-bond acceptors (Lipinski definition) is 4. The van der Waals surface area contributed by atoms with Crippen LogP contribution >= 0.6 is 0 Å². The van der Waals surface area contributed by atoms with Crippen molar-refractivity contribution in [2.45, 2.75) is 103 Å². The Labute approximate surface area is 184 Å². The van der Waals surface area contributed by atoms with Crippen LogP contribution in [0.2, 0.25) is 0 Å². The predicted octanol–water partition coefficient (Wildman–Crippen LogP) is 5.92. The first-order chi connectivity index (χ1) is 14.3. The van der Waals surface area contributed by atoms with Gasteiger partial charge in [0.05, 0.1) is 12.5 Å². The molecule has 0 aliphatic heterocycles. The van der Waals surface area contributed by atoms with Gasteiger partial charge < -0.3 is 9.47 Å². The molecule has 5 fully saturated rings. The molecule has 0 N–H and O–H groups in total. The van der Waals surface area contributed by atoms with Gasteiger partial charge in [0.15, 0.2) is 0 Å². The van der Waals surface area contributed by atoms with Crippen LogP contribution in [0.1, 0.15) is 91.9 Å². The minimum atomic E-state index is -3.47. The topological polar surface area (TPSA) is 52.6 Å². The van der Waals surface area contributed by atoms with E-state index in [1.54, 1.807) is 0 Å². The molecule has 0 aromatic carbocycles. The average Bonchev–Trinajstić information content (AvgIpc) is 2.63. The molecule has 5 aliphatic rings. The first-order valence-corrected chi connectivity index (χ1v) is 12.1. The van der Waals surface area contributed by atoms with Crippen LogP contribution in [0.3, 0.4) is 0 Å². The fourth-order valence-corrected chi connectivity index (χ4v) is 7.49. The molecule has 0 aromatic rings. The van der Waals surface area contributed by atoms with Crippen LogP contribution in [-0.2, 0) is 19.1 Å². The van der Waals surface area contributed by atoms with Gasteiger partial charge in [0.2, 0.25) is 0 Å². The summed E-state index contributed by atoms with van der Waals surface area (Å²) in [6.45, 7) is 7.40. The fourth-order valence-electron chi connectivity index (χ4n) is 7.49. The summed E-state index contributed by atoms with van der Waals surface area (Å²) in [5.41, 5.74) is -0.549. The highest BCUT2D eigenvalue weighted by atomic mass is 19.3. The molecule has 0 aromatic heterocycles. The molecule has 4 nitrogen and oxygen atoms in total. The zero-order valence-corrected chi connectivity index (χ0v) is 19.5. The normalized spacial score (nSPS) is 39.9. The molecular formula is C25H38F2O4. The fraction of sp³-hybridized carbons (Fsp3) is 0.920. The van der Waals surface area contributed by atoms with E-state index in [1.165, 1.54) is 0 Å². The third-order valence-electron chi connectivity index (χ3n) is 8.60. The smallest absolute Gasteiger partial charge is 0.376 e. The molecule has 2 unspecified atom stereocenters. The number of carbonyl (C=O) groups excluding carboxylic acids is 2. The van der Waals surface area contributed by atoms with Crippen LogP contribution in [0.15, 0.2) is 0 Å². The highest BCUT2D eigenvalue weighted by Gasteiger charge is 2.60. The lowest BCUT2D eigenvalue weighted by Gasteiger charge is -2.61. The highest BCUT2D eigenvalue weighted by molar-refractivity contribution is 5.77. The minimum Gasteiger partial charge on any atom is -0.461 e. The second-order valence-electron chi connectivity index (χ2n) is 12.4. The van der Waals surface area contributed by atoms with Gasteiger partial charge in [-0.05, 0) is 87.4 Å². The SMILES string of the molecule is CC(F)(F)C(=O)OCC12CC3CC(C1)CC(OC(=O)C1CCC(C(C)(C)C)CC1)(C3)C2. The summed E-state index contributed by atoms with van der Waals surface area (Å²) in [4.78, 5) is 24.8. The molecule has 0 heterocycles. The van der Waals surface area contributed by atoms with Gasteiger partial charge in [-0.3, -0.25) is 4.79 Å². The monoisotopic (exact) mass is 440 g/mol. The zero-order valence-electron chi connectivity index (χ0n) is 19.5. The molecule has 0 radical (unpaired) electrons. The van der Waals surface area contributed by atoms with E-state index >= 15 is 0 Å². The number of halogens is 2. The molecule has 31 heavy (non-hydrogen) atoms. The molecular weight excluding hydrogens is 402 g/mol. The summed E-state index contributed by atoms with van der Waals surface area (Å²) in [5, 5.41) is 0. The van der Waals surface area contributed by atoms with E-state index in [9.17, 15) is 18.4 Å². The van der Waals surface area contributed by atoms with Crippen molar-refractivity contribution in [2.75, 3.05) is 6.61 Å². The number of ether oxygens (including phenoxy) is 2. The van der Waals surface area contributed by atoms with Crippen molar-refractivity contribution >= 4 is 11.9 Å². The molecule has 6 heteroatoms. The Morgan fingerprint density at radius 2 is 1.52 bits per heavy atom. The minimum absolute atomic E-state index is 0.0122. The quantitative estimate of drug-likeness (QED) is 0.498. The lowest BCUT2D eigenvalue weighted by Crippen LogP contribution is -2.59. The van der Waals surface area contributed by atoms with Crippen molar-refractivity contribution in [2.24, 2.45) is 34.5 Å². The van der Waals surface area contributed by atoms with Crippen molar-refractivity contribution in [3.05, 3.63) is 0 Å². The molecule has 5 rings (SSSR count). The van der Waals surface area contributed by atoms with Crippen molar-refractivity contribution in [1.82, 2.24) is 0 Å². The Balaban J connectivity index is 1.40. The summed E-state index contributed by atoms with van der Waals surface area (Å²) in [7, 11) is 0. The number of hydrogen-bond donors (Lipinski definition) is 0. The maximum atomic E-state index is 13.3. The number of rotatable bonds is 5. The molecule has 5 aliphatic carbocycles. The summed E-state index contributed by atoms with van der Waals surface area (Å²) in [6, 6.07) is 0. The third-order valence-corrected chi connectivity index (χ3v) is 8.60. The maximum absolute atomic E-state index is 13.3. The summed E-state index contributed by atoms with van der Waals surface area (Å²) in [5.74, 6) is -3.53. The van der Waals surface area contributed by atoms with Gasteiger partial charge in [0, 0.05) is 12.3 Å². The molecule has 0 spiro atoms. The van der Waals surface area contributed by atoms with Gasteiger partial charge in [-0.1, -0.05) is 20.8 Å². The van der Waals surface area contributed by atoms with Crippen molar-refractivity contribution in [3.63, 3.8) is 0 Å². The predicted molar refractivity (Wildman–Crippen MR) is 112 cm³/mol. The molecule has 4 bridgehead atoms. The number of alkyl halides is 2. The third kappa shape index (κ3) is 4.78. The average molecular weight is 441 g/mol. The number of carbonyl (C=O) groups is 2. The van der Waals surface area contributed by atoms with Crippen LogP contribution in [0.5, 0.6) is 0 Å². The van der Waals surface area contributed by atoms with Gasteiger partial charge in [-0.15, -0.1) is 0 Å². The van der Waals surface area contributed by atoms with E-state index in [4.69, 9.17) is 9.47 Å². The van der Waals surface area contributed by atoms with Gasteiger partial charge in [0.25, 0.3) is 0 Å². The number of esters is 2. The summed E-state index contributed by atoms with van der Waals surface area (Å²) in [6.07, 6.45) is 9.13. The van der Waals surface area contributed by atoms with E-state index in [0.717, 1.165) is 57.8 Å².